The maximum absolute atomic E-state index is 4.82. The lowest BCUT2D eigenvalue weighted by Gasteiger charge is -2.25. The smallest absolute Gasteiger partial charge is 0.00869 e. The molecule has 1 aliphatic rings. The molecule has 24 heavy (non-hydrogen) atoms. The van der Waals surface area contributed by atoms with Gasteiger partial charge in [-0.2, -0.15) is 0 Å². The van der Waals surface area contributed by atoms with Gasteiger partial charge in [0.25, 0.3) is 0 Å². The maximum Gasteiger partial charge on any atom is -0.00869 e. The zero-order chi connectivity index (χ0) is 16.9. The minimum atomic E-state index is -1.77. The van der Waals surface area contributed by atoms with Crippen LogP contribution in [0.15, 0.2) is 72.8 Å². The number of rotatable bonds is 1. The molecule has 4 rings (SSSR count). The van der Waals surface area contributed by atoms with Crippen LogP contribution in [0.4, 0.5) is 0 Å². The standard InChI is InChI=1S/C23H23P/c1-23(2,3)17-13-15-18(16-14-17)24(4)21-11-7-5-9-19(21)20-10-6-8-12-22(20)24/h5-16H,4H2,1-3H3. The van der Waals surface area contributed by atoms with Gasteiger partial charge in [-0.05, 0) is 44.9 Å². The van der Waals surface area contributed by atoms with Crippen LogP contribution in [0.5, 0.6) is 0 Å². The lowest BCUT2D eigenvalue weighted by Crippen LogP contribution is -2.22. The van der Waals surface area contributed by atoms with Crippen molar-refractivity contribution >= 4 is 29.1 Å². The normalized spacial score (nSPS) is 15.0. The molecule has 0 saturated carbocycles. The Morgan fingerprint density at radius 3 is 1.58 bits per heavy atom. The molecule has 1 heterocycles. The largest absolute Gasteiger partial charge is 0.0886 e. The third-order valence-electron chi connectivity index (χ3n) is 5.09. The molecule has 3 aromatic carbocycles. The zero-order valence-corrected chi connectivity index (χ0v) is 15.5. The van der Waals surface area contributed by atoms with Gasteiger partial charge in [-0.15, -0.1) is 0 Å². The lowest BCUT2D eigenvalue weighted by atomic mass is 9.87. The quantitative estimate of drug-likeness (QED) is 0.444. The Bertz CT molecular complexity index is 906. The van der Waals surface area contributed by atoms with Crippen molar-refractivity contribution in [3.05, 3.63) is 78.4 Å². The first-order valence-corrected chi connectivity index (χ1v) is 10.4. The van der Waals surface area contributed by atoms with Crippen LogP contribution in [0, 0.1) is 0 Å². The zero-order valence-electron chi connectivity index (χ0n) is 14.6. The van der Waals surface area contributed by atoms with Crippen LogP contribution in [0.25, 0.3) is 11.1 Å². The van der Waals surface area contributed by atoms with E-state index in [2.05, 4.69) is 93.6 Å². The molecule has 0 aliphatic carbocycles. The molecule has 0 unspecified atom stereocenters. The Labute approximate surface area is 145 Å². The van der Waals surface area contributed by atoms with Crippen molar-refractivity contribution in [3.63, 3.8) is 0 Å². The fourth-order valence-electron chi connectivity index (χ4n) is 3.69. The predicted molar refractivity (Wildman–Crippen MR) is 110 cm³/mol. The fraction of sp³-hybridized carbons (Fsp3) is 0.174. The minimum Gasteiger partial charge on any atom is -0.0886 e. The average molecular weight is 330 g/mol. The molecule has 0 amide bonds. The molecular formula is C23H23P. The summed E-state index contributed by atoms with van der Waals surface area (Å²) in [7, 11) is 0. The summed E-state index contributed by atoms with van der Waals surface area (Å²) in [5.41, 5.74) is 4.27. The summed E-state index contributed by atoms with van der Waals surface area (Å²) in [6.07, 6.45) is 4.82. The number of hydrogen-bond donors (Lipinski definition) is 0. The Hall–Kier alpha value is -2.04. The average Bonchev–Trinajstić information content (AvgIpc) is 2.86. The Morgan fingerprint density at radius 2 is 1.12 bits per heavy atom. The molecule has 0 N–H and O–H groups in total. The summed E-state index contributed by atoms with van der Waals surface area (Å²) in [5.74, 6) is 0. The van der Waals surface area contributed by atoms with Crippen molar-refractivity contribution < 1.29 is 0 Å². The molecule has 0 saturated heterocycles. The van der Waals surface area contributed by atoms with Crippen LogP contribution < -0.4 is 15.9 Å². The summed E-state index contributed by atoms with van der Waals surface area (Å²) >= 11 is 0. The summed E-state index contributed by atoms with van der Waals surface area (Å²) in [4.78, 5) is 0. The summed E-state index contributed by atoms with van der Waals surface area (Å²) in [6, 6.07) is 26.8. The van der Waals surface area contributed by atoms with Crippen molar-refractivity contribution in [2.75, 3.05) is 0 Å². The minimum absolute atomic E-state index is 0.177. The van der Waals surface area contributed by atoms with Gasteiger partial charge in [0.15, 0.2) is 0 Å². The summed E-state index contributed by atoms with van der Waals surface area (Å²) in [5, 5.41) is 4.19. The first-order valence-electron chi connectivity index (χ1n) is 8.46. The van der Waals surface area contributed by atoms with Crippen LogP contribution in [0.1, 0.15) is 26.3 Å². The van der Waals surface area contributed by atoms with Crippen LogP contribution >= 0.6 is 6.89 Å². The van der Waals surface area contributed by atoms with Gasteiger partial charge in [0.1, 0.15) is 0 Å². The molecule has 1 aliphatic heterocycles. The van der Waals surface area contributed by atoms with Gasteiger partial charge in [0.2, 0.25) is 0 Å². The molecule has 0 radical (unpaired) electrons. The molecule has 0 nitrogen and oxygen atoms in total. The molecule has 120 valence electrons. The first-order chi connectivity index (χ1) is 11.4. The monoisotopic (exact) mass is 330 g/mol. The fourth-order valence-corrected chi connectivity index (χ4v) is 7.06. The molecule has 0 bridgehead atoms. The van der Waals surface area contributed by atoms with E-state index in [1.807, 2.05) is 0 Å². The Kier molecular flexibility index (Phi) is 3.37. The van der Waals surface area contributed by atoms with Crippen molar-refractivity contribution in [2.45, 2.75) is 26.2 Å². The maximum atomic E-state index is 4.82. The van der Waals surface area contributed by atoms with Crippen molar-refractivity contribution in [1.29, 1.82) is 0 Å². The highest BCUT2D eigenvalue weighted by Crippen LogP contribution is 2.51. The lowest BCUT2D eigenvalue weighted by molar-refractivity contribution is 0.590. The highest BCUT2D eigenvalue weighted by atomic mass is 31.2. The number of hydrogen-bond acceptors (Lipinski definition) is 0. The van der Waals surface area contributed by atoms with Crippen LogP contribution in [0.2, 0.25) is 0 Å². The third-order valence-corrected chi connectivity index (χ3v) is 8.70. The molecule has 0 atom stereocenters. The molecule has 0 fully saturated rings. The highest BCUT2D eigenvalue weighted by molar-refractivity contribution is 7.94. The topological polar surface area (TPSA) is 0 Å². The second-order valence-electron chi connectivity index (χ2n) is 7.64. The van der Waals surface area contributed by atoms with E-state index in [0.717, 1.165) is 0 Å². The van der Waals surface area contributed by atoms with Gasteiger partial charge >= 0.3 is 0 Å². The van der Waals surface area contributed by atoms with Gasteiger partial charge in [-0.25, -0.2) is 0 Å². The molecule has 1 heteroatoms. The summed E-state index contributed by atoms with van der Waals surface area (Å²) < 4.78 is 0. The summed E-state index contributed by atoms with van der Waals surface area (Å²) in [6.45, 7) is 5.01. The van der Waals surface area contributed by atoms with Gasteiger partial charge in [-0.1, -0.05) is 99.9 Å². The van der Waals surface area contributed by atoms with E-state index in [1.165, 1.54) is 32.6 Å². The van der Waals surface area contributed by atoms with Crippen LogP contribution in [-0.4, -0.2) is 6.30 Å². The van der Waals surface area contributed by atoms with E-state index < -0.39 is 6.89 Å². The van der Waals surface area contributed by atoms with Gasteiger partial charge in [0, 0.05) is 0 Å². The van der Waals surface area contributed by atoms with E-state index in [0.29, 0.717) is 0 Å². The molecule has 3 aromatic rings. The third kappa shape index (κ3) is 2.14. The van der Waals surface area contributed by atoms with E-state index in [-0.39, 0.29) is 5.41 Å². The number of benzene rings is 3. The number of fused-ring (bicyclic) bond motifs is 3. The van der Waals surface area contributed by atoms with E-state index in [9.17, 15) is 0 Å². The van der Waals surface area contributed by atoms with Gasteiger partial charge < -0.3 is 0 Å². The molecule has 0 spiro atoms. The van der Waals surface area contributed by atoms with Gasteiger partial charge in [0.05, 0.1) is 0 Å². The van der Waals surface area contributed by atoms with Gasteiger partial charge in [-0.3, -0.25) is 0 Å². The Balaban J connectivity index is 1.96. The predicted octanol–water partition coefficient (Wildman–Crippen LogP) is 4.69. The molecule has 0 aromatic heterocycles. The molecular weight excluding hydrogens is 307 g/mol. The second-order valence-corrected chi connectivity index (χ2v) is 10.7. The van der Waals surface area contributed by atoms with Crippen molar-refractivity contribution in [3.8, 4) is 11.1 Å². The second kappa shape index (κ2) is 5.23. The van der Waals surface area contributed by atoms with Crippen LogP contribution in [-0.2, 0) is 5.41 Å². The van der Waals surface area contributed by atoms with Crippen molar-refractivity contribution in [1.82, 2.24) is 0 Å². The van der Waals surface area contributed by atoms with Crippen molar-refractivity contribution in [2.24, 2.45) is 0 Å². The highest BCUT2D eigenvalue weighted by Gasteiger charge is 2.33. The first kappa shape index (κ1) is 15.5. The van der Waals surface area contributed by atoms with Crippen LogP contribution in [0.3, 0.4) is 0 Å². The Morgan fingerprint density at radius 1 is 0.667 bits per heavy atom. The van der Waals surface area contributed by atoms with E-state index in [4.69, 9.17) is 6.30 Å². The van der Waals surface area contributed by atoms with E-state index >= 15 is 0 Å². The van der Waals surface area contributed by atoms with E-state index in [1.54, 1.807) is 0 Å². The SMILES string of the molecule is C=P1(c2ccc(C(C)(C)C)cc2)c2ccccc2-c2ccccc21.